The van der Waals surface area contributed by atoms with E-state index in [-0.39, 0.29) is 5.91 Å². The molecule has 1 aliphatic rings. The topological polar surface area (TPSA) is 32.3 Å². The Balaban J connectivity index is 1.68. The maximum Gasteiger partial charge on any atom is 0.238 e. The minimum absolute atomic E-state index is 0.0527. The van der Waals surface area contributed by atoms with Crippen LogP contribution in [0.15, 0.2) is 36.4 Å². The number of nitrogens with zero attached hydrogens (tertiary/aromatic N) is 1. The molecule has 0 fully saturated rings. The van der Waals surface area contributed by atoms with Crippen LogP contribution in [0.25, 0.3) is 0 Å². The number of anilines is 1. The van der Waals surface area contributed by atoms with Crippen molar-refractivity contribution in [1.82, 2.24) is 4.90 Å². The van der Waals surface area contributed by atoms with Gasteiger partial charge in [0, 0.05) is 11.7 Å². The number of nitrogens with one attached hydrogen (secondary N) is 1. The summed E-state index contributed by atoms with van der Waals surface area (Å²) in [5, 5.41) is 3.10. The van der Waals surface area contributed by atoms with Crippen molar-refractivity contribution in [3.05, 3.63) is 64.2 Å². The van der Waals surface area contributed by atoms with Crippen molar-refractivity contribution in [3.63, 3.8) is 0 Å². The Bertz CT molecular complexity index is 743. The van der Waals surface area contributed by atoms with Gasteiger partial charge in [0.2, 0.25) is 5.91 Å². The zero-order chi connectivity index (χ0) is 17.3. The highest BCUT2D eigenvalue weighted by molar-refractivity contribution is 5.93. The van der Waals surface area contributed by atoms with Crippen LogP contribution in [-0.4, -0.2) is 24.4 Å². The van der Waals surface area contributed by atoms with Crippen molar-refractivity contribution in [2.24, 2.45) is 0 Å². The molecule has 0 aromatic heterocycles. The lowest BCUT2D eigenvalue weighted by molar-refractivity contribution is -0.117. The third kappa shape index (κ3) is 3.36. The minimum Gasteiger partial charge on any atom is -0.324 e. The number of amides is 1. The molecule has 2 aromatic carbocycles. The number of carbonyl (C=O) groups is 1. The highest BCUT2D eigenvalue weighted by atomic mass is 16.2. The summed E-state index contributed by atoms with van der Waals surface area (Å²) in [6.45, 7) is 6.59. The fourth-order valence-electron chi connectivity index (χ4n) is 3.89. The molecule has 0 unspecified atom stereocenters. The van der Waals surface area contributed by atoms with Gasteiger partial charge in [-0.2, -0.15) is 0 Å². The number of carbonyl (C=O) groups excluding carboxylic acids is 1. The summed E-state index contributed by atoms with van der Waals surface area (Å²) in [6, 6.07) is 13.1. The van der Waals surface area contributed by atoms with Crippen LogP contribution < -0.4 is 5.32 Å². The molecular formula is C21H26N2O. The van der Waals surface area contributed by atoms with Crippen LogP contribution in [0.2, 0.25) is 0 Å². The summed E-state index contributed by atoms with van der Waals surface area (Å²) in [5.74, 6) is 0.0527. The van der Waals surface area contributed by atoms with Gasteiger partial charge in [-0.3, -0.25) is 9.69 Å². The van der Waals surface area contributed by atoms with Crippen molar-refractivity contribution >= 4 is 11.6 Å². The lowest BCUT2D eigenvalue weighted by Gasteiger charge is -2.25. The Labute approximate surface area is 144 Å². The minimum atomic E-state index is 0.0527. The van der Waals surface area contributed by atoms with E-state index in [1.807, 2.05) is 20.9 Å². The summed E-state index contributed by atoms with van der Waals surface area (Å²) in [5.41, 5.74) is 7.20. The predicted molar refractivity (Wildman–Crippen MR) is 99.4 cm³/mol. The number of hydrogen-bond acceptors (Lipinski definition) is 2. The van der Waals surface area contributed by atoms with E-state index in [0.29, 0.717) is 12.6 Å². The van der Waals surface area contributed by atoms with E-state index in [1.54, 1.807) is 0 Å². The van der Waals surface area contributed by atoms with E-state index < -0.39 is 0 Å². The van der Waals surface area contributed by atoms with Crippen LogP contribution in [-0.2, 0) is 11.2 Å². The van der Waals surface area contributed by atoms with E-state index in [1.165, 1.54) is 16.7 Å². The van der Waals surface area contributed by atoms with Gasteiger partial charge in [0.25, 0.3) is 0 Å². The molecule has 3 nitrogen and oxygen atoms in total. The first-order chi connectivity index (χ1) is 11.5. The molecule has 0 saturated carbocycles. The SMILES string of the molecule is Cc1cc(C)c(NC(=O)CN(C)[C@@H]2CCc3ccccc32)c(C)c1. The predicted octanol–water partition coefficient (Wildman–Crippen LogP) is 4.17. The van der Waals surface area contributed by atoms with E-state index >= 15 is 0 Å². The molecule has 1 atom stereocenters. The number of rotatable bonds is 4. The fourth-order valence-corrected chi connectivity index (χ4v) is 3.89. The van der Waals surface area contributed by atoms with Crippen molar-refractivity contribution in [3.8, 4) is 0 Å². The van der Waals surface area contributed by atoms with Gasteiger partial charge in [-0.1, -0.05) is 42.0 Å². The Morgan fingerprint density at radius 1 is 1.17 bits per heavy atom. The van der Waals surface area contributed by atoms with Gasteiger partial charge in [0.05, 0.1) is 6.54 Å². The molecule has 2 aromatic rings. The zero-order valence-corrected chi connectivity index (χ0v) is 15.0. The van der Waals surface area contributed by atoms with Gasteiger partial charge in [-0.15, -0.1) is 0 Å². The molecule has 1 N–H and O–H groups in total. The van der Waals surface area contributed by atoms with Crippen molar-refractivity contribution in [2.75, 3.05) is 18.9 Å². The van der Waals surface area contributed by atoms with Gasteiger partial charge >= 0.3 is 0 Å². The number of benzene rings is 2. The number of aryl methyl sites for hydroxylation is 4. The van der Waals surface area contributed by atoms with Crippen LogP contribution in [0.1, 0.15) is 40.3 Å². The average molecular weight is 322 g/mol. The highest BCUT2D eigenvalue weighted by Gasteiger charge is 2.26. The van der Waals surface area contributed by atoms with Gasteiger partial charge in [0.1, 0.15) is 0 Å². The molecule has 0 spiro atoms. The van der Waals surface area contributed by atoms with Crippen molar-refractivity contribution in [1.29, 1.82) is 0 Å². The molecule has 0 saturated heterocycles. The molecule has 1 aliphatic carbocycles. The van der Waals surface area contributed by atoms with Crippen LogP contribution in [0.4, 0.5) is 5.69 Å². The Kier molecular flexibility index (Phi) is 4.72. The van der Waals surface area contributed by atoms with Crippen LogP contribution >= 0.6 is 0 Å². The molecule has 3 rings (SSSR count). The fraction of sp³-hybridized carbons (Fsp3) is 0.381. The summed E-state index contributed by atoms with van der Waals surface area (Å²) in [7, 11) is 2.04. The monoisotopic (exact) mass is 322 g/mol. The lowest BCUT2D eigenvalue weighted by atomic mass is 10.0. The summed E-state index contributed by atoms with van der Waals surface area (Å²) in [6.07, 6.45) is 2.19. The molecule has 1 amide bonds. The maximum atomic E-state index is 12.5. The van der Waals surface area contributed by atoms with Gasteiger partial charge in [-0.25, -0.2) is 0 Å². The third-order valence-corrected chi connectivity index (χ3v) is 4.97. The first-order valence-electron chi connectivity index (χ1n) is 8.61. The van der Waals surface area contributed by atoms with Crippen molar-refractivity contribution in [2.45, 2.75) is 39.7 Å². The standard InChI is InChI=1S/C21H26N2O/c1-14-11-15(2)21(16(3)12-14)22-20(24)13-23(4)19-10-9-17-7-5-6-8-18(17)19/h5-8,11-12,19H,9-10,13H2,1-4H3,(H,22,24)/t19-/m1/s1. The van der Waals surface area contributed by atoms with E-state index in [9.17, 15) is 4.79 Å². The number of likely N-dealkylation sites (N-methyl/N-ethyl adjacent to an activating group) is 1. The first kappa shape index (κ1) is 16.7. The molecule has 126 valence electrons. The smallest absolute Gasteiger partial charge is 0.238 e. The lowest BCUT2D eigenvalue weighted by Crippen LogP contribution is -2.32. The Morgan fingerprint density at radius 3 is 2.54 bits per heavy atom. The van der Waals surface area contributed by atoms with Crippen molar-refractivity contribution < 1.29 is 4.79 Å². The van der Waals surface area contributed by atoms with Crippen LogP contribution in [0.5, 0.6) is 0 Å². The van der Waals surface area contributed by atoms with Gasteiger partial charge < -0.3 is 5.32 Å². The Morgan fingerprint density at radius 2 is 1.83 bits per heavy atom. The summed E-state index contributed by atoms with van der Waals surface area (Å²) >= 11 is 0. The Hall–Kier alpha value is -2.13. The van der Waals surface area contributed by atoms with Crippen LogP contribution in [0, 0.1) is 20.8 Å². The molecule has 0 aliphatic heterocycles. The second-order valence-electron chi connectivity index (χ2n) is 6.99. The molecule has 0 bridgehead atoms. The second-order valence-corrected chi connectivity index (χ2v) is 6.99. The normalized spacial score (nSPS) is 16.3. The molecular weight excluding hydrogens is 296 g/mol. The highest BCUT2D eigenvalue weighted by Crippen LogP contribution is 2.34. The molecule has 3 heteroatoms. The summed E-state index contributed by atoms with van der Waals surface area (Å²) in [4.78, 5) is 14.7. The quantitative estimate of drug-likeness (QED) is 0.916. The second kappa shape index (κ2) is 6.78. The van der Waals surface area contributed by atoms with E-state index in [4.69, 9.17) is 0 Å². The van der Waals surface area contributed by atoms with Crippen LogP contribution in [0.3, 0.4) is 0 Å². The summed E-state index contributed by atoms with van der Waals surface area (Å²) < 4.78 is 0. The number of hydrogen-bond donors (Lipinski definition) is 1. The van der Waals surface area contributed by atoms with E-state index in [0.717, 1.165) is 29.7 Å². The van der Waals surface area contributed by atoms with Gasteiger partial charge in [-0.05, 0) is 62.9 Å². The van der Waals surface area contributed by atoms with Gasteiger partial charge in [0.15, 0.2) is 0 Å². The molecule has 24 heavy (non-hydrogen) atoms. The molecule has 0 heterocycles. The maximum absolute atomic E-state index is 12.5. The average Bonchev–Trinajstić information content (AvgIpc) is 2.95. The van der Waals surface area contributed by atoms with E-state index in [2.05, 4.69) is 53.5 Å². The molecule has 0 radical (unpaired) electrons. The largest absolute Gasteiger partial charge is 0.324 e. The zero-order valence-electron chi connectivity index (χ0n) is 15.0. The first-order valence-corrected chi connectivity index (χ1v) is 8.61. The number of fused-ring (bicyclic) bond motifs is 1. The third-order valence-electron chi connectivity index (χ3n) is 4.97.